The van der Waals surface area contributed by atoms with Crippen molar-refractivity contribution in [3.8, 4) is 17.5 Å². The topological polar surface area (TPSA) is 43.6 Å². The summed E-state index contributed by atoms with van der Waals surface area (Å²) in [5, 5.41) is 12.1. The summed E-state index contributed by atoms with van der Waals surface area (Å²) in [6.45, 7) is 0. The van der Waals surface area contributed by atoms with Gasteiger partial charge in [0.2, 0.25) is 5.82 Å². The SMILES string of the molecule is C(#Cc1nnn(-c2ccccc2)n1)c1ccccc1. The second-order valence-corrected chi connectivity index (χ2v) is 3.85. The fraction of sp³-hybridized carbons (Fsp3) is 0. The van der Waals surface area contributed by atoms with Crippen LogP contribution in [0.4, 0.5) is 0 Å². The lowest BCUT2D eigenvalue weighted by Crippen LogP contribution is -1.98. The van der Waals surface area contributed by atoms with Crippen LogP contribution < -0.4 is 0 Å². The van der Waals surface area contributed by atoms with Crippen LogP contribution in [0.2, 0.25) is 0 Å². The van der Waals surface area contributed by atoms with Crippen LogP contribution in [0.5, 0.6) is 0 Å². The Balaban J connectivity index is 1.85. The first kappa shape index (κ1) is 11.2. The van der Waals surface area contributed by atoms with Gasteiger partial charge in [-0.2, -0.15) is 0 Å². The van der Waals surface area contributed by atoms with Gasteiger partial charge in [0.1, 0.15) is 0 Å². The second kappa shape index (κ2) is 5.15. The third-order valence-corrected chi connectivity index (χ3v) is 2.49. The number of aromatic nitrogens is 4. The fourth-order valence-electron chi connectivity index (χ4n) is 1.58. The van der Waals surface area contributed by atoms with Crippen molar-refractivity contribution < 1.29 is 0 Å². The zero-order valence-electron chi connectivity index (χ0n) is 10.1. The van der Waals surface area contributed by atoms with E-state index in [9.17, 15) is 0 Å². The highest BCUT2D eigenvalue weighted by Crippen LogP contribution is 2.02. The summed E-state index contributed by atoms with van der Waals surface area (Å²) in [5.41, 5.74) is 1.79. The van der Waals surface area contributed by atoms with Crippen LogP contribution in [0.15, 0.2) is 60.7 Å². The summed E-state index contributed by atoms with van der Waals surface area (Å²) >= 11 is 0. The Bertz CT molecular complexity index is 721. The van der Waals surface area contributed by atoms with Crippen LogP contribution >= 0.6 is 0 Å². The molecule has 1 heterocycles. The van der Waals surface area contributed by atoms with Gasteiger partial charge in [-0.15, -0.1) is 9.90 Å². The molecule has 90 valence electrons. The van der Waals surface area contributed by atoms with Crippen LogP contribution in [0.1, 0.15) is 11.4 Å². The summed E-state index contributed by atoms with van der Waals surface area (Å²) in [6.07, 6.45) is 0. The number of nitrogens with zero attached hydrogens (tertiary/aromatic N) is 4. The zero-order valence-corrected chi connectivity index (χ0v) is 10.1. The van der Waals surface area contributed by atoms with Gasteiger partial charge in [-0.05, 0) is 35.4 Å². The lowest BCUT2D eigenvalue weighted by molar-refractivity contribution is 0.719. The molecule has 0 atom stereocenters. The largest absolute Gasteiger partial charge is 0.248 e. The first-order chi connectivity index (χ1) is 9.42. The maximum atomic E-state index is 4.22. The molecule has 0 amide bonds. The van der Waals surface area contributed by atoms with Crippen LogP contribution in [-0.4, -0.2) is 20.2 Å². The van der Waals surface area contributed by atoms with Crippen molar-refractivity contribution in [2.45, 2.75) is 0 Å². The minimum absolute atomic E-state index is 0.410. The Morgan fingerprint density at radius 1 is 0.789 bits per heavy atom. The molecule has 4 nitrogen and oxygen atoms in total. The number of hydrogen-bond acceptors (Lipinski definition) is 3. The van der Waals surface area contributed by atoms with E-state index in [2.05, 4.69) is 27.3 Å². The molecular formula is C15H10N4. The number of rotatable bonds is 1. The normalized spacial score (nSPS) is 9.68. The quantitative estimate of drug-likeness (QED) is 0.617. The average molecular weight is 246 g/mol. The molecule has 19 heavy (non-hydrogen) atoms. The standard InChI is InChI=1S/C15H10N4/c1-3-7-13(8-4-1)11-12-15-16-18-19(17-15)14-9-5-2-6-10-14/h1-10H. The van der Waals surface area contributed by atoms with E-state index >= 15 is 0 Å². The summed E-state index contributed by atoms with van der Waals surface area (Å²) in [7, 11) is 0. The molecular weight excluding hydrogens is 236 g/mol. The number of para-hydroxylation sites is 1. The van der Waals surface area contributed by atoms with E-state index in [0.717, 1.165) is 11.3 Å². The lowest BCUT2D eigenvalue weighted by Gasteiger charge is -1.94. The van der Waals surface area contributed by atoms with Gasteiger partial charge < -0.3 is 0 Å². The van der Waals surface area contributed by atoms with Crippen LogP contribution in [-0.2, 0) is 0 Å². The van der Waals surface area contributed by atoms with Gasteiger partial charge >= 0.3 is 0 Å². The van der Waals surface area contributed by atoms with E-state index in [-0.39, 0.29) is 0 Å². The monoisotopic (exact) mass is 246 g/mol. The van der Waals surface area contributed by atoms with Crippen molar-refractivity contribution in [3.63, 3.8) is 0 Å². The van der Waals surface area contributed by atoms with Gasteiger partial charge in [0.15, 0.2) is 0 Å². The minimum Gasteiger partial charge on any atom is -0.130 e. The Labute approximate surface area is 110 Å². The molecule has 0 saturated carbocycles. The van der Waals surface area contributed by atoms with Crippen molar-refractivity contribution in [1.82, 2.24) is 20.2 Å². The number of hydrogen-bond donors (Lipinski definition) is 0. The smallest absolute Gasteiger partial charge is 0.130 e. The molecule has 0 bridgehead atoms. The molecule has 0 aliphatic rings. The lowest BCUT2D eigenvalue weighted by atomic mass is 10.2. The van der Waals surface area contributed by atoms with E-state index in [1.807, 2.05) is 60.7 Å². The molecule has 0 N–H and O–H groups in total. The minimum atomic E-state index is 0.410. The van der Waals surface area contributed by atoms with Crippen molar-refractivity contribution in [3.05, 3.63) is 72.1 Å². The van der Waals surface area contributed by atoms with Crippen LogP contribution in [0, 0.1) is 11.8 Å². The number of benzene rings is 2. The molecule has 0 radical (unpaired) electrons. The van der Waals surface area contributed by atoms with E-state index in [4.69, 9.17) is 0 Å². The highest BCUT2D eigenvalue weighted by Gasteiger charge is 2.00. The first-order valence-electron chi connectivity index (χ1n) is 5.84. The summed E-state index contributed by atoms with van der Waals surface area (Å²) in [5.74, 6) is 6.30. The van der Waals surface area contributed by atoms with Gasteiger partial charge in [-0.1, -0.05) is 47.4 Å². The Kier molecular flexibility index (Phi) is 3.03. The predicted octanol–water partition coefficient (Wildman–Crippen LogP) is 2.06. The van der Waals surface area contributed by atoms with Gasteiger partial charge in [0.25, 0.3) is 0 Å². The molecule has 0 aliphatic heterocycles. The molecule has 4 heteroatoms. The maximum Gasteiger partial charge on any atom is 0.248 e. The van der Waals surface area contributed by atoms with E-state index in [1.165, 1.54) is 4.80 Å². The molecule has 3 aromatic rings. The predicted molar refractivity (Wildman–Crippen MR) is 71.6 cm³/mol. The highest BCUT2D eigenvalue weighted by atomic mass is 15.6. The van der Waals surface area contributed by atoms with Crippen molar-refractivity contribution in [1.29, 1.82) is 0 Å². The van der Waals surface area contributed by atoms with Gasteiger partial charge in [0.05, 0.1) is 5.69 Å². The molecule has 2 aromatic carbocycles. The fourth-order valence-corrected chi connectivity index (χ4v) is 1.58. The molecule has 0 aliphatic carbocycles. The molecule has 0 fully saturated rings. The summed E-state index contributed by atoms with van der Waals surface area (Å²) in [4.78, 5) is 1.47. The zero-order chi connectivity index (χ0) is 12.9. The second-order valence-electron chi connectivity index (χ2n) is 3.85. The van der Waals surface area contributed by atoms with Gasteiger partial charge in [0, 0.05) is 5.56 Å². The van der Waals surface area contributed by atoms with Gasteiger partial charge in [-0.3, -0.25) is 0 Å². The molecule has 3 rings (SSSR count). The molecule has 0 spiro atoms. The summed E-state index contributed by atoms with van der Waals surface area (Å²) in [6, 6.07) is 19.3. The molecule has 0 unspecified atom stereocenters. The van der Waals surface area contributed by atoms with Crippen molar-refractivity contribution in [2.75, 3.05) is 0 Å². The Morgan fingerprint density at radius 3 is 2.21 bits per heavy atom. The maximum absolute atomic E-state index is 4.22. The van der Waals surface area contributed by atoms with E-state index in [0.29, 0.717) is 5.82 Å². The third-order valence-electron chi connectivity index (χ3n) is 2.49. The van der Waals surface area contributed by atoms with E-state index < -0.39 is 0 Å². The van der Waals surface area contributed by atoms with Crippen LogP contribution in [0.3, 0.4) is 0 Å². The molecule has 1 aromatic heterocycles. The Morgan fingerprint density at radius 2 is 1.47 bits per heavy atom. The van der Waals surface area contributed by atoms with Crippen molar-refractivity contribution in [2.24, 2.45) is 0 Å². The average Bonchev–Trinajstić information content (AvgIpc) is 2.96. The van der Waals surface area contributed by atoms with Crippen LogP contribution in [0.25, 0.3) is 5.69 Å². The number of tetrazole rings is 1. The highest BCUT2D eigenvalue weighted by molar-refractivity contribution is 5.37. The summed E-state index contributed by atoms with van der Waals surface area (Å²) < 4.78 is 0. The van der Waals surface area contributed by atoms with E-state index in [1.54, 1.807) is 0 Å². The third kappa shape index (κ3) is 2.67. The van der Waals surface area contributed by atoms with Gasteiger partial charge in [-0.25, -0.2) is 0 Å². The first-order valence-corrected chi connectivity index (χ1v) is 5.84. The Hall–Kier alpha value is -2.93. The van der Waals surface area contributed by atoms with Crippen molar-refractivity contribution >= 4 is 0 Å². The molecule has 0 saturated heterocycles.